The number of hydrogen-bond donors (Lipinski definition) is 0. The van der Waals surface area contributed by atoms with Crippen LogP contribution in [0.2, 0.25) is 19.6 Å². The Morgan fingerprint density at radius 3 is 1.59 bits per heavy atom. The van der Waals surface area contributed by atoms with Crippen LogP contribution in [0.1, 0.15) is 44.9 Å². The van der Waals surface area contributed by atoms with E-state index in [2.05, 4.69) is 46.5 Å². The van der Waals surface area contributed by atoms with Crippen LogP contribution in [0.25, 0.3) is 0 Å². The molecule has 0 bridgehead atoms. The van der Waals surface area contributed by atoms with Crippen molar-refractivity contribution in [2.45, 2.75) is 52.4 Å². The molecule has 0 aliphatic heterocycles. The van der Waals surface area contributed by atoms with Crippen LogP contribution in [0, 0.1) is 32.4 Å². The summed E-state index contributed by atoms with van der Waals surface area (Å²) in [7, 11) is -1.31. The Hall–Kier alpha value is -2.26. The molecule has 29 heavy (non-hydrogen) atoms. The summed E-state index contributed by atoms with van der Waals surface area (Å²) in [5.74, 6) is -0.552. The van der Waals surface area contributed by atoms with E-state index in [1.165, 1.54) is 52.1 Å². The maximum Gasteiger partial charge on any atom is 0.123 e. The standard InChI is InChI=1S/C26H30F2Si/c1-17-15-18(2)25(19(3)24(17)16-29(4,5)6)26(20-7-11-22(27)12-8-20)21-9-13-23(28)14-10-21/h7-15,26H,16H2,1-6H3. The Labute approximate surface area is 174 Å². The minimum atomic E-state index is -1.31. The molecule has 0 saturated heterocycles. The molecule has 0 heterocycles. The van der Waals surface area contributed by atoms with Crippen molar-refractivity contribution in [3.8, 4) is 0 Å². The summed E-state index contributed by atoms with van der Waals surface area (Å²) in [6.07, 6.45) is 0. The average Bonchev–Trinajstić information content (AvgIpc) is 2.63. The van der Waals surface area contributed by atoms with E-state index < -0.39 is 8.07 Å². The smallest absolute Gasteiger partial charge is 0.123 e. The first-order chi connectivity index (χ1) is 13.6. The maximum atomic E-state index is 13.6. The monoisotopic (exact) mass is 408 g/mol. The third-order valence-corrected chi connectivity index (χ3v) is 7.01. The second-order valence-electron chi connectivity index (χ2n) is 9.30. The number of benzene rings is 3. The summed E-state index contributed by atoms with van der Waals surface area (Å²) in [6, 6.07) is 16.8. The third kappa shape index (κ3) is 4.84. The SMILES string of the molecule is Cc1cc(C)c(C(c2ccc(F)cc2)c2ccc(F)cc2)c(C)c1C[Si](C)(C)C. The van der Waals surface area contributed by atoms with Gasteiger partial charge in [0.2, 0.25) is 0 Å². The summed E-state index contributed by atoms with van der Waals surface area (Å²) >= 11 is 0. The van der Waals surface area contributed by atoms with Gasteiger partial charge in [-0.15, -0.1) is 0 Å². The van der Waals surface area contributed by atoms with Gasteiger partial charge in [-0.05, 0) is 90.0 Å². The fourth-order valence-corrected chi connectivity index (χ4v) is 5.93. The van der Waals surface area contributed by atoms with Gasteiger partial charge in [0.25, 0.3) is 0 Å². The normalized spacial score (nSPS) is 11.9. The predicted octanol–water partition coefficient (Wildman–Crippen LogP) is 7.49. The Morgan fingerprint density at radius 1 is 0.724 bits per heavy atom. The largest absolute Gasteiger partial charge is 0.207 e. The van der Waals surface area contributed by atoms with Gasteiger partial charge in [0.1, 0.15) is 11.6 Å². The fourth-order valence-electron chi connectivity index (χ4n) is 4.33. The van der Waals surface area contributed by atoms with Crippen LogP contribution in [-0.4, -0.2) is 8.07 Å². The summed E-state index contributed by atoms with van der Waals surface area (Å²) in [6.45, 7) is 13.7. The Bertz CT molecular complexity index is 951. The summed E-state index contributed by atoms with van der Waals surface area (Å²) in [5, 5.41) is 0. The fraction of sp³-hybridized carbons (Fsp3) is 0.308. The number of aryl methyl sites for hydroxylation is 2. The van der Waals surface area contributed by atoms with Crippen LogP contribution in [0.4, 0.5) is 8.78 Å². The first-order valence-corrected chi connectivity index (χ1v) is 13.9. The summed E-state index contributed by atoms with van der Waals surface area (Å²) in [5.41, 5.74) is 8.59. The lowest BCUT2D eigenvalue weighted by Crippen LogP contribution is -2.25. The average molecular weight is 409 g/mol. The van der Waals surface area contributed by atoms with Crippen LogP contribution in [-0.2, 0) is 6.04 Å². The molecule has 152 valence electrons. The van der Waals surface area contributed by atoms with Gasteiger partial charge in [0.15, 0.2) is 0 Å². The van der Waals surface area contributed by atoms with E-state index in [9.17, 15) is 8.78 Å². The van der Waals surface area contributed by atoms with Crippen molar-refractivity contribution in [1.29, 1.82) is 0 Å². The molecule has 3 aromatic rings. The quantitative estimate of drug-likeness (QED) is 0.303. The highest BCUT2D eigenvalue weighted by Crippen LogP contribution is 2.38. The summed E-state index contributed by atoms with van der Waals surface area (Å²) in [4.78, 5) is 0. The first kappa shape index (κ1) is 21.4. The molecule has 0 N–H and O–H groups in total. The zero-order chi connectivity index (χ0) is 21.3. The molecule has 0 aromatic heterocycles. The maximum absolute atomic E-state index is 13.6. The minimum Gasteiger partial charge on any atom is -0.207 e. The Morgan fingerprint density at radius 2 is 1.17 bits per heavy atom. The lowest BCUT2D eigenvalue weighted by atomic mass is 9.79. The van der Waals surface area contributed by atoms with Gasteiger partial charge >= 0.3 is 0 Å². The molecular weight excluding hydrogens is 378 g/mol. The van der Waals surface area contributed by atoms with Crippen molar-refractivity contribution in [2.24, 2.45) is 0 Å². The molecule has 0 unspecified atom stereocenters. The zero-order valence-electron chi connectivity index (χ0n) is 18.2. The molecule has 3 rings (SSSR count). The van der Waals surface area contributed by atoms with Gasteiger partial charge in [0.05, 0.1) is 0 Å². The van der Waals surface area contributed by atoms with E-state index in [1.807, 2.05) is 24.3 Å². The molecule has 0 fully saturated rings. The number of hydrogen-bond acceptors (Lipinski definition) is 0. The van der Waals surface area contributed by atoms with Gasteiger partial charge in [0, 0.05) is 14.0 Å². The van der Waals surface area contributed by atoms with Crippen molar-refractivity contribution in [3.63, 3.8) is 0 Å². The molecule has 3 heteroatoms. The van der Waals surface area contributed by atoms with Gasteiger partial charge in [-0.2, -0.15) is 0 Å². The van der Waals surface area contributed by atoms with Gasteiger partial charge in [-0.1, -0.05) is 50.0 Å². The van der Waals surface area contributed by atoms with Gasteiger partial charge in [-0.25, -0.2) is 8.78 Å². The van der Waals surface area contributed by atoms with E-state index in [0.717, 1.165) is 17.2 Å². The topological polar surface area (TPSA) is 0 Å². The Balaban J connectivity index is 2.26. The van der Waals surface area contributed by atoms with E-state index in [1.54, 1.807) is 0 Å². The summed E-state index contributed by atoms with van der Waals surface area (Å²) < 4.78 is 27.2. The molecule has 0 saturated carbocycles. The van der Waals surface area contributed by atoms with E-state index in [4.69, 9.17) is 0 Å². The molecule has 0 nitrogen and oxygen atoms in total. The van der Waals surface area contributed by atoms with Crippen molar-refractivity contribution in [2.75, 3.05) is 0 Å². The second-order valence-corrected chi connectivity index (χ2v) is 14.8. The van der Waals surface area contributed by atoms with E-state index in [-0.39, 0.29) is 17.6 Å². The molecule has 0 atom stereocenters. The number of rotatable bonds is 5. The molecule has 0 aliphatic carbocycles. The highest BCUT2D eigenvalue weighted by molar-refractivity contribution is 6.75. The zero-order valence-corrected chi connectivity index (χ0v) is 19.2. The Kier molecular flexibility index (Phi) is 6.09. The van der Waals surface area contributed by atoms with Crippen LogP contribution >= 0.6 is 0 Å². The van der Waals surface area contributed by atoms with E-state index >= 15 is 0 Å². The van der Waals surface area contributed by atoms with Crippen molar-refractivity contribution in [3.05, 3.63) is 105 Å². The van der Waals surface area contributed by atoms with Gasteiger partial charge in [-0.3, -0.25) is 0 Å². The molecule has 0 spiro atoms. The van der Waals surface area contributed by atoms with Crippen molar-refractivity contribution >= 4 is 8.07 Å². The van der Waals surface area contributed by atoms with Crippen LogP contribution < -0.4 is 0 Å². The van der Waals surface area contributed by atoms with Crippen LogP contribution in [0.3, 0.4) is 0 Å². The highest BCUT2D eigenvalue weighted by atomic mass is 28.3. The molecule has 0 radical (unpaired) electrons. The molecular formula is C26H30F2Si. The van der Waals surface area contributed by atoms with Crippen molar-refractivity contribution in [1.82, 2.24) is 0 Å². The molecule has 0 amide bonds. The van der Waals surface area contributed by atoms with Crippen LogP contribution in [0.15, 0.2) is 54.6 Å². The van der Waals surface area contributed by atoms with Crippen molar-refractivity contribution < 1.29 is 8.78 Å². The molecule has 3 aromatic carbocycles. The second kappa shape index (κ2) is 8.23. The van der Waals surface area contributed by atoms with E-state index in [0.29, 0.717) is 0 Å². The molecule has 0 aliphatic rings. The van der Waals surface area contributed by atoms with Gasteiger partial charge < -0.3 is 0 Å². The lowest BCUT2D eigenvalue weighted by molar-refractivity contribution is 0.626. The lowest BCUT2D eigenvalue weighted by Gasteiger charge is -2.28. The highest BCUT2D eigenvalue weighted by Gasteiger charge is 2.25. The first-order valence-electron chi connectivity index (χ1n) is 10.2. The number of halogens is 2. The third-order valence-electron chi connectivity index (χ3n) is 5.59. The predicted molar refractivity (Wildman–Crippen MR) is 121 cm³/mol. The minimum absolute atomic E-state index is 0.0582. The van der Waals surface area contributed by atoms with Crippen LogP contribution in [0.5, 0.6) is 0 Å².